The fourth-order valence-electron chi connectivity index (χ4n) is 2.82. The van der Waals surface area contributed by atoms with E-state index >= 15 is 0 Å². The molecule has 3 aromatic rings. The third-order valence-corrected chi connectivity index (χ3v) is 4.01. The van der Waals surface area contributed by atoms with E-state index in [1.807, 2.05) is 25.2 Å². The number of nitrogens with zero attached hydrogens (tertiary/aromatic N) is 3. The summed E-state index contributed by atoms with van der Waals surface area (Å²) in [6.45, 7) is 4.15. The normalized spacial score (nSPS) is 11.3. The number of aryl methyl sites for hydroxylation is 1. The van der Waals surface area contributed by atoms with Crippen LogP contribution in [0.1, 0.15) is 25.3 Å². The summed E-state index contributed by atoms with van der Waals surface area (Å²) in [5.41, 5.74) is 5.22. The van der Waals surface area contributed by atoms with Crippen LogP contribution in [0.15, 0.2) is 34.0 Å². The summed E-state index contributed by atoms with van der Waals surface area (Å²) >= 11 is 0. The average Bonchev–Trinajstić information content (AvgIpc) is 2.92. The molecule has 23 heavy (non-hydrogen) atoms. The number of aromatic amines is 1. The molecule has 0 spiro atoms. The minimum atomic E-state index is -0.479. The van der Waals surface area contributed by atoms with Crippen LogP contribution in [0, 0.1) is 0 Å². The van der Waals surface area contributed by atoms with E-state index in [2.05, 4.69) is 29.4 Å². The molecule has 0 unspecified atom stereocenters. The molecule has 0 atom stereocenters. The molecule has 7 heteroatoms. The number of rotatable bonds is 3. The molecule has 2 aromatic heterocycles. The van der Waals surface area contributed by atoms with Crippen LogP contribution < -0.4 is 16.7 Å². The smallest absolute Gasteiger partial charge is 0.322 e. The van der Waals surface area contributed by atoms with Crippen LogP contribution in [0.25, 0.3) is 22.2 Å². The zero-order valence-electron chi connectivity index (χ0n) is 13.5. The molecule has 2 heterocycles. The van der Waals surface area contributed by atoms with Crippen molar-refractivity contribution in [2.45, 2.75) is 19.8 Å². The molecule has 0 aliphatic carbocycles. The SMILES string of the molecule is CNn1c(=O)[nH]c2cc(C(C)C)c(-c3ccnn3C)cc2c1=O. The number of nitrogens with one attached hydrogen (secondary N) is 2. The predicted octanol–water partition coefficient (Wildman–Crippen LogP) is 1.39. The second-order valence-corrected chi connectivity index (χ2v) is 5.77. The first-order valence-corrected chi connectivity index (χ1v) is 7.43. The maximum Gasteiger partial charge on any atom is 0.347 e. The van der Waals surface area contributed by atoms with E-state index in [0.717, 1.165) is 21.5 Å². The molecular weight excluding hydrogens is 294 g/mol. The molecule has 0 fully saturated rings. The van der Waals surface area contributed by atoms with Gasteiger partial charge >= 0.3 is 5.69 Å². The Balaban J connectivity index is 2.44. The number of hydrogen-bond acceptors (Lipinski definition) is 4. The largest absolute Gasteiger partial charge is 0.347 e. The van der Waals surface area contributed by atoms with Gasteiger partial charge in [0.2, 0.25) is 0 Å². The summed E-state index contributed by atoms with van der Waals surface area (Å²) in [6.07, 6.45) is 1.72. The highest BCUT2D eigenvalue weighted by atomic mass is 16.2. The highest BCUT2D eigenvalue weighted by Crippen LogP contribution is 2.31. The Morgan fingerprint density at radius 3 is 2.57 bits per heavy atom. The van der Waals surface area contributed by atoms with Crippen molar-refractivity contribution < 1.29 is 0 Å². The van der Waals surface area contributed by atoms with Crippen molar-refractivity contribution in [3.8, 4) is 11.3 Å². The topological polar surface area (TPSA) is 84.7 Å². The molecule has 0 radical (unpaired) electrons. The highest BCUT2D eigenvalue weighted by molar-refractivity contribution is 5.85. The van der Waals surface area contributed by atoms with Gasteiger partial charge in [-0.15, -0.1) is 0 Å². The molecule has 0 amide bonds. The monoisotopic (exact) mass is 313 g/mol. The van der Waals surface area contributed by atoms with Crippen molar-refractivity contribution in [3.63, 3.8) is 0 Å². The first-order valence-electron chi connectivity index (χ1n) is 7.43. The lowest BCUT2D eigenvalue weighted by molar-refractivity contribution is 0.771. The summed E-state index contributed by atoms with van der Waals surface area (Å²) in [4.78, 5) is 27.2. The Morgan fingerprint density at radius 1 is 1.26 bits per heavy atom. The summed E-state index contributed by atoms with van der Waals surface area (Å²) in [5, 5.41) is 4.66. The molecule has 7 nitrogen and oxygen atoms in total. The number of hydrogen-bond donors (Lipinski definition) is 2. The zero-order valence-corrected chi connectivity index (χ0v) is 13.5. The van der Waals surface area contributed by atoms with E-state index < -0.39 is 5.69 Å². The van der Waals surface area contributed by atoms with Gasteiger partial charge in [-0.25, -0.2) is 4.79 Å². The Bertz CT molecular complexity index is 994. The van der Waals surface area contributed by atoms with Crippen molar-refractivity contribution in [2.75, 3.05) is 12.5 Å². The maximum atomic E-state index is 12.5. The summed E-state index contributed by atoms with van der Waals surface area (Å²) < 4.78 is 2.74. The van der Waals surface area contributed by atoms with Gasteiger partial charge < -0.3 is 10.4 Å². The van der Waals surface area contributed by atoms with Crippen LogP contribution in [0.5, 0.6) is 0 Å². The van der Waals surface area contributed by atoms with Crippen LogP contribution >= 0.6 is 0 Å². The highest BCUT2D eigenvalue weighted by Gasteiger charge is 2.16. The maximum absolute atomic E-state index is 12.5. The van der Waals surface area contributed by atoms with Gasteiger partial charge in [-0.3, -0.25) is 9.48 Å². The molecule has 0 aliphatic heterocycles. The fourth-order valence-corrected chi connectivity index (χ4v) is 2.82. The van der Waals surface area contributed by atoms with Gasteiger partial charge in [0.1, 0.15) is 0 Å². The molecule has 120 valence electrons. The van der Waals surface area contributed by atoms with Gasteiger partial charge in [-0.1, -0.05) is 13.8 Å². The molecule has 0 bridgehead atoms. The second kappa shape index (κ2) is 5.42. The first-order chi connectivity index (χ1) is 10.9. The van der Waals surface area contributed by atoms with Gasteiger partial charge in [-0.2, -0.15) is 9.77 Å². The minimum Gasteiger partial charge on any atom is -0.322 e. The minimum absolute atomic E-state index is 0.236. The van der Waals surface area contributed by atoms with Crippen molar-refractivity contribution in [2.24, 2.45) is 7.05 Å². The molecule has 0 aliphatic rings. The van der Waals surface area contributed by atoms with E-state index in [4.69, 9.17) is 0 Å². The van der Waals surface area contributed by atoms with Crippen molar-refractivity contribution in [3.05, 3.63) is 50.8 Å². The molecule has 3 rings (SSSR count). The van der Waals surface area contributed by atoms with E-state index in [9.17, 15) is 9.59 Å². The molecule has 2 N–H and O–H groups in total. The van der Waals surface area contributed by atoms with Crippen LogP contribution in [-0.2, 0) is 7.05 Å². The molecule has 1 aromatic carbocycles. The second-order valence-electron chi connectivity index (χ2n) is 5.77. The lowest BCUT2D eigenvalue weighted by Gasteiger charge is -2.15. The third kappa shape index (κ3) is 2.34. The average molecular weight is 313 g/mol. The first kappa shape index (κ1) is 15.1. The lowest BCUT2D eigenvalue weighted by atomic mass is 9.93. The van der Waals surface area contributed by atoms with E-state index in [1.165, 1.54) is 7.05 Å². The molecule has 0 saturated carbocycles. The van der Waals surface area contributed by atoms with E-state index in [1.54, 1.807) is 10.9 Å². The Labute approximate surface area is 132 Å². The van der Waals surface area contributed by atoms with Crippen LogP contribution in [0.4, 0.5) is 0 Å². The Hall–Kier alpha value is -2.83. The van der Waals surface area contributed by atoms with Gasteiger partial charge in [0.15, 0.2) is 0 Å². The van der Waals surface area contributed by atoms with E-state index in [0.29, 0.717) is 10.9 Å². The van der Waals surface area contributed by atoms with E-state index in [-0.39, 0.29) is 11.5 Å². The Kier molecular flexibility index (Phi) is 3.55. The van der Waals surface area contributed by atoms with Crippen LogP contribution in [-0.4, -0.2) is 26.5 Å². The van der Waals surface area contributed by atoms with Crippen molar-refractivity contribution >= 4 is 10.9 Å². The van der Waals surface area contributed by atoms with Gasteiger partial charge in [0.25, 0.3) is 5.56 Å². The number of aromatic nitrogens is 4. The zero-order chi connectivity index (χ0) is 16.7. The Morgan fingerprint density at radius 2 is 2.00 bits per heavy atom. The van der Waals surface area contributed by atoms with Crippen LogP contribution in [0.3, 0.4) is 0 Å². The standard InChI is InChI=1S/C16H19N5O2/c1-9(2)10-8-13-12(15(22)21(17-3)16(23)19-13)7-11(10)14-5-6-18-20(14)4/h5-9,17H,1-4H3,(H,19,23). The summed E-state index contributed by atoms with van der Waals surface area (Å²) in [5.74, 6) is 0.236. The quantitative estimate of drug-likeness (QED) is 0.765. The lowest BCUT2D eigenvalue weighted by Crippen LogP contribution is -2.39. The van der Waals surface area contributed by atoms with Gasteiger partial charge in [0.05, 0.1) is 16.6 Å². The molecular formula is C16H19N5O2. The van der Waals surface area contributed by atoms with Crippen LogP contribution in [0.2, 0.25) is 0 Å². The van der Waals surface area contributed by atoms with Gasteiger partial charge in [-0.05, 0) is 29.7 Å². The summed E-state index contributed by atoms with van der Waals surface area (Å²) in [7, 11) is 3.40. The van der Waals surface area contributed by atoms with Crippen molar-refractivity contribution in [1.82, 2.24) is 19.4 Å². The summed E-state index contributed by atoms with van der Waals surface area (Å²) in [6, 6.07) is 5.62. The van der Waals surface area contributed by atoms with Gasteiger partial charge in [0, 0.05) is 25.9 Å². The number of benzene rings is 1. The molecule has 0 saturated heterocycles. The number of H-pyrrole nitrogens is 1. The number of fused-ring (bicyclic) bond motifs is 1. The fraction of sp³-hybridized carbons (Fsp3) is 0.312. The van der Waals surface area contributed by atoms with Crippen molar-refractivity contribution in [1.29, 1.82) is 0 Å². The predicted molar refractivity (Wildman–Crippen MR) is 90.4 cm³/mol. The third-order valence-electron chi connectivity index (χ3n) is 4.01.